The number of carbonyl (C=O) groups excluding carboxylic acids is 2. The molecule has 0 aliphatic carbocycles. The first-order chi connectivity index (χ1) is 17.7. The molecule has 0 spiro atoms. The van der Waals surface area contributed by atoms with Crippen LogP contribution in [0.25, 0.3) is 0 Å². The zero-order chi connectivity index (χ0) is 26.9. The molecule has 8 nitrogen and oxygen atoms in total. The topological polar surface area (TPSA) is 96.4 Å². The summed E-state index contributed by atoms with van der Waals surface area (Å²) >= 11 is 0. The Morgan fingerprint density at radius 1 is 0.946 bits per heavy atom. The maximum absolute atomic E-state index is 12.8. The molecular weight excluding hydrogens is 472 g/mol. The molecule has 8 heteroatoms. The number of amides is 2. The molecule has 1 N–H and O–H groups in total. The molecule has 0 aliphatic heterocycles. The van der Waals surface area contributed by atoms with Gasteiger partial charge in [0, 0.05) is 31.3 Å². The van der Waals surface area contributed by atoms with Crippen LogP contribution < -0.4 is 9.64 Å². The van der Waals surface area contributed by atoms with Gasteiger partial charge in [0.1, 0.15) is 11.5 Å². The van der Waals surface area contributed by atoms with E-state index in [0.29, 0.717) is 34.7 Å². The van der Waals surface area contributed by atoms with Gasteiger partial charge in [0.15, 0.2) is 0 Å². The van der Waals surface area contributed by atoms with Crippen LogP contribution in [0.2, 0.25) is 0 Å². The van der Waals surface area contributed by atoms with Crippen molar-refractivity contribution in [3.05, 3.63) is 89.5 Å². The number of carboxylic acid groups (broad SMARTS) is 1. The predicted octanol–water partition coefficient (Wildman–Crippen LogP) is 5.29. The Balaban J connectivity index is 1.97. The average molecular weight is 505 g/mol. The Kier molecular flexibility index (Phi) is 9.27. The van der Waals surface area contributed by atoms with Gasteiger partial charge in [0.2, 0.25) is 5.91 Å². The molecule has 37 heavy (non-hydrogen) atoms. The van der Waals surface area contributed by atoms with Crippen molar-refractivity contribution in [1.29, 1.82) is 0 Å². The van der Waals surface area contributed by atoms with Crippen molar-refractivity contribution in [2.75, 3.05) is 19.1 Å². The first-order valence-electron chi connectivity index (χ1n) is 11.9. The predicted molar refractivity (Wildman–Crippen MR) is 141 cm³/mol. The Bertz CT molecular complexity index is 1240. The van der Waals surface area contributed by atoms with Crippen molar-refractivity contribution in [2.45, 2.75) is 39.3 Å². The maximum atomic E-state index is 12.8. The van der Waals surface area contributed by atoms with Crippen LogP contribution in [-0.2, 0) is 33.7 Å². The van der Waals surface area contributed by atoms with Gasteiger partial charge in [-0.3, -0.25) is 9.59 Å². The van der Waals surface area contributed by atoms with E-state index in [0.717, 1.165) is 5.56 Å². The van der Waals surface area contributed by atoms with Crippen molar-refractivity contribution in [1.82, 2.24) is 4.90 Å². The monoisotopic (exact) mass is 504 g/mol. The zero-order valence-corrected chi connectivity index (χ0v) is 21.5. The third kappa shape index (κ3) is 7.57. The number of carbonyl (C=O) groups is 3. The molecule has 0 saturated heterocycles. The number of aliphatic carboxylic acids is 1. The van der Waals surface area contributed by atoms with Gasteiger partial charge in [0.05, 0.1) is 20.1 Å². The van der Waals surface area contributed by atoms with Crippen molar-refractivity contribution in [3.63, 3.8) is 0 Å². The number of ether oxygens (including phenoxy) is 2. The molecule has 0 aliphatic rings. The SMILES string of the molecule is COC(=O)N(Cc1cc(N(C)C(C)=O)ccc1Oc1cccc(CC(=O)O)c1)[C@@H](C)Cc1ccccc1. The summed E-state index contributed by atoms with van der Waals surface area (Å²) < 4.78 is 11.3. The van der Waals surface area contributed by atoms with Crippen LogP contribution in [-0.4, -0.2) is 48.2 Å². The summed E-state index contributed by atoms with van der Waals surface area (Å²) in [6.45, 7) is 3.59. The fourth-order valence-corrected chi connectivity index (χ4v) is 3.97. The van der Waals surface area contributed by atoms with E-state index in [2.05, 4.69) is 0 Å². The fourth-order valence-electron chi connectivity index (χ4n) is 3.97. The first kappa shape index (κ1) is 27.3. The Morgan fingerprint density at radius 3 is 2.30 bits per heavy atom. The summed E-state index contributed by atoms with van der Waals surface area (Å²) in [6, 6.07) is 21.8. The van der Waals surface area contributed by atoms with Gasteiger partial charge in [-0.05, 0) is 54.8 Å². The third-order valence-electron chi connectivity index (χ3n) is 6.04. The lowest BCUT2D eigenvalue weighted by Crippen LogP contribution is -2.39. The molecule has 0 radical (unpaired) electrons. The number of nitrogens with zero attached hydrogens (tertiary/aromatic N) is 2. The number of rotatable bonds is 10. The van der Waals surface area contributed by atoms with Crippen molar-refractivity contribution >= 4 is 23.7 Å². The second-order valence-corrected chi connectivity index (χ2v) is 8.83. The molecule has 0 aromatic heterocycles. The van der Waals surface area contributed by atoms with Crippen molar-refractivity contribution in [2.24, 2.45) is 0 Å². The number of methoxy groups -OCH3 is 1. The highest BCUT2D eigenvalue weighted by Gasteiger charge is 2.24. The summed E-state index contributed by atoms with van der Waals surface area (Å²) in [6.07, 6.45) is 0.0128. The summed E-state index contributed by atoms with van der Waals surface area (Å²) in [7, 11) is 3.02. The number of hydrogen-bond donors (Lipinski definition) is 1. The van der Waals surface area contributed by atoms with E-state index < -0.39 is 12.1 Å². The van der Waals surface area contributed by atoms with Crippen molar-refractivity contribution in [3.8, 4) is 11.5 Å². The molecule has 3 aromatic rings. The lowest BCUT2D eigenvalue weighted by Gasteiger charge is -2.29. The molecule has 1 atom stereocenters. The highest BCUT2D eigenvalue weighted by molar-refractivity contribution is 5.91. The normalized spacial score (nSPS) is 11.4. The van der Waals surface area contributed by atoms with Gasteiger partial charge in [-0.25, -0.2) is 4.79 Å². The van der Waals surface area contributed by atoms with Crippen LogP contribution in [0, 0.1) is 0 Å². The average Bonchev–Trinajstić information content (AvgIpc) is 2.87. The van der Waals surface area contributed by atoms with Crippen LogP contribution in [0.3, 0.4) is 0 Å². The highest BCUT2D eigenvalue weighted by atomic mass is 16.5. The minimum absolute atomic E-state index is 0.125. The summed E-state index contributed by atoms with van der Waals surface area (Å²) in [4.78, 5) is 39.1. The standard InChI is InChI=1S/C29H32N2O6/c1-20(15-22-9-6-5-7-10-22)31(29(35)36-4)19-24-18-25(30(3)21(2)32)13-14-27(24)37-26-12-8-11-23(16-26)17-28(33)34/h5-14,16,18,20H,15,17,19H2,1-4H3,(H,33,34)/t20-/m0/s1. The first-order valence-corrected chi connectivity index (χ1v) is 11.9. The minimum Gasteiger partial charge on any atom is -0.481 e. The van der Waals surface area contributed by atoms with E-state index >= 15 is 0 Å². The molecule has 0 saturated carbocycles. The second-order valence-electron chi connectivity index (χ2n) is 8.83. The third-order valence-corrected chi connectivity index (χ3v) is 6.04. The summed E-state index contributed by atoms with van der Waals surface area (Å²) in [5, 5.41) is 9.13. The lowest BCUT2D eigenvalue weighted by atomic mass is 10.0. The van der Waals surface area contributed by atoms with Crippen LogP contribution in [0.1, 0.15) is 30.5 Å². The zero-order valence-electron chi connectivity index (χ0n) is 21.5. The van der Waals surface area contributed by atoms with E-state index in [4.69, 9.17) is 14.6 Å². The summed E-state index contributed by atoms with van der Waals surface area (Å²) in [5.41, 5.74) is 3.00. The van der Waals surface area contributed by atoms with Crippen LogP contribution in [0.5, 0.6) is 11.5 Å². The van der Waals surface area contributed by atoms with Gasteiger partial charge >= 0.3 is 12.1 Å². The highest BCUT2D eigenvalue weighted by Crippen LogP contribution is 2.31. The van der Waals surface area contributed by atoms with E-state index in [1.807, 2.05) is 43.3 Å². The largest absolute Gasteiger partial charge is 0.481 e. The maximum Gasteiger partial charge on any atom is 0.410 e. The van der Waals surface area contributed by atoms with Gasteiger partial charge < -0.3 is 24.4 Å². The van der Waals surface area contributed by atoms with E-state index in [9.17, 15) is 14.4 Å². The Hall–Kier alpha value is -4.33. The van der Waals surface area contributed by atoms with Gasteiger partial charge in [-0.15, -0.1) is 0 Å². The molecule has 0 bridgehead atoms. The smallest absolute Gasteiger partial charge is 0.410 e. The van der Waals surface area contributed by atoms with Gasteiger partial charge in [0.25, 0.3) is 0 Å². The molecule has 3 rings (SSSR count). The fraction of sp³-hybridized carbons (Fsp3) is 0.276. The van der Waals surface area contributed by atoms with Crippen LogP contribution >= 0.6 is 0 Å². The Labute approximate surface area is 217 Å². The molecule has 0 unspecified atom stereocenters. The van der Waals surface area contributed by atoms with Gasteiger partial charge in [-0.1, -0.05) is 42.5 Å². The molecule has 194 valence electrons. The van der Waals surface area contributed by atoms with Crippen LogP contribution in [0.15, 0.2) is 72.8 Å². The quantitative estimate of drug-likeness (QED) is 0.403. The molecular formula is C29H32N2O6. The molecule has 0 heterocycles. The number of hydrogen-bond acceptors (Lipinski definition) is 5. The number of benzene rings is 3. The number of anilines is 1. The molecule has 0 fully saturated rings. The lowest BCUT2D eigenvalue weighted by molar-refractivity contribution is -0.136. The molecule has 3 aromatic carbocycles. The number of carboxylic acids is 1. The van der Waals surface area contributed by atoms with Crippen LogP contribution in [0.4, 0.5) is 10.5 Å². The van der Waals surface area contributed by atoms with Crippen molar-refractivity contribution < 1.29 is 29.0 Å². The molecule has 2 amide bonds. The Morgan fingerprint density at radius 2 is 1.65 bits per heavy atom. The van der Waals surface area contributed by atoms with E-state index in [1.165, 1.54) is 18.9 Å². The second kappa shape index (κ2) is 12.6. The van der Waals surface area contributed by atoms with E-state index in [1.54, 1.807) is 48.3 Å². The van der Waals surface area contributed by atoms with E-state index in [-0.39, 0.29) is 24.9 Å². The summed E-state index contributed by atoms with van der Waals surface area (Å²) in [5.74, 6) is -0.123. The van der Waals surface area contributed by atoms with Gasteiger partial charge in [-0.2, -0.15) is 0 Å². The minimum atomic E-state index is -0.935.